The molecule has 15 heavy (non-hydrogen) atoms. The van der Waals surface area contributed by atoms with Gasteiger partial charge in [-0.2, -0.15) is 0 Å². The number of hydrogen-bond donors (Lipinski definition) is 2. The van der Waals surface area contributed by atoms with Gasteiger partial charge in [0.25, 0.3) is 5.91 Å². The fourth-order valence-electron chi connectivity index (χ4n) is 1.37. The Kier molecular flexibility index (Phi) is 3.68. The van der Waals surface area contributed by atoms with Crippen molar-refractivity contribution in [1.82, 2.24) is 4.90 Å². The number of carbonyl (C=O) groups excluding carboxylic acids is 1. The van der Waals surface area contributed by atoms with Crippen molar-refractivity contribution >= 4 is 11.6 Å². The minimum atomic E-state index is -0.528. The molecule has 1 aromatic rings. The lowest BCUT2D eigenvalue weighted by molar-refractivity contribution is 0.0704. The SMILES string of the molecule is CC(O)CN(C)C(=O)c1cccc(N)c1. The van der Waals surface area contributed by atoms with E-state index in [9.17, 15) is 4.79 Å². The van der Waals surface area contributed by atoms with Crippen LogP contribution >= 0.6 is 0 Å². The van der Waals surface area contributed by atoms with Crippen LogP contribution in [0, 0.1) is 0 Å². The van der Waals surface area contributed by atoms with Gasteiger partial charge in [-0.3, -0.25) is 4.79 Å². The highest BCUT2D eigenvalue weighted by Crippen LogP contribution is 2.09. The number of benzene rings is 1. The number of nitrogens with two attached hydrogens (primary N) is 1. The highest BCUT2D eigenvalue weighted by Gasteiger charge is 2.12. The van der Waals surface area contributed by atoms with E-state index in [0.717, 1.165) is 0 Å². The molecular weight excluding hydrogens is 192 g/mol. The van der Waals surface area contributed by atoms with E-state index in [1.807, 2.05) is 0 Å². The number of nitrogen functional groups attached to an aromatic ring is 1. The Labute approximate surface area is 89.3 Å². The first kappa shape index (κ1) is 11.5. The van der Waals surface area contributed by atoms with E-state index >= 15 is 0 Å². The summed E-state index contributed by atoms with van der Waals surface area (Å²) in [6.45, 7) is 1.96. The number of aliphatic hydroxyl groups is 1. The van der Waals surface area contributed by atoms with Crippen molar-refractivity contribution in [2.45, 2.75) is 13.0 Å². The molecule has 0 aliphatic carbocycles. The van der Waals surface area contributed by atoms with Crippen molar-refractivity contribution in [2.24, 2.45) is 0 Å². The van der Waals surface area contributed by atoms with Crippen LogP contribution in [-0.4, -0.2) is 35.6 Å². The summed E-state index contributed by atoms with van der Waals surface area (Å²) in [5, 5.41) is 9.15. The van der Waals surface area contributed by atoms with Gasteiger partial charge in [-0.25, -0.2) is 0 Å². The molecule has 4 heteroatoms. The van der Waals surface area contributed by atoms with Crippen LogP contribution in [0.2, 0.25) is 0 Å². The van der Waals surface area contributed by atoms with E-state index < -0.39 is 6.10 Å². The zero-order valence-electron chi connectivity index (χ0n) is 8.97. The van der Waals surface area contributed by atoms with E-state index in [2.05, 4.69) is 0 Å². The maximum atomic E-state index is 11.8. The Balaban J connectivity index is 2.76. The average molecular weight is 208 g/mol. The Bertz CT molecular complexity index is 350. The number of nitrogens with zero attached hydrogens (tertiary/aromatic N) is 1. The maximum absolute atomic E-state index is 11.8. The van der Waals surface area contributed by atoms with Crippen molar-refractivity contribution in [3.8, 4) is 0 Å². The van der Waals surface area contributed by atoms with Crippen molar-refractivity contribution in [1.29, 1.82) is 0 Å². The van der Waals surface area contributed by atoms with Crippen LogP contribution in [0.25, 0.3) is 0 Å². The van der Waals surface area contributed by atoms with Crippen LogP contribution in [0.3, 0.4) is 0 Å². The van der Waals surface area contributed by atoms with Crippen molar-refractivity contribution in [2.75, 3.05) is 19.3 Å². The molecule has 0 aliphatic heterocycles. The Morgan fingerprint density at radius 2 is 2.27 bits per heavy atom. The Morgan fingerprint density at radius 3 is 2.80 bits per heavy atom. The van der Waals surface area contributed by atoms with Gasteiger partial charge in [0.2, 0.25) is 0 Å². The highest BCUT2D eigenvalue weighted by molar-refractivity contribution is 5.94. The second-order valence-corrected chi connectivity index (χ2v) is 3.66. The van der Waals surface area contributed by atoms with Crippen molar-refractivity contribution < 1.29 is 9.90 Å². The quantitative estimate of drug-likeness (QED) is 0.719. The summed E-state index contributed by atoms with van der Waals surface area (Å²) in [7, 11) is 1.65. The van der Waals surface area contributed by atoms with Gasteiger partial charge in [0.1, 0.15) is 0 Å². The largest absolute Gasteiger partial charge is 0.399 e. The fraction of sp³-hybridized carbons (Fsp3) is 0.364. The van der Waals surface area contributed by atoms with Crippen LogP contribution < -0.4 is 5.73 Å². The van der Waals surface area contributed by atoms with E-state index in [4.69, 9.17) is 10.8 Å². The number of likely N-dealkylation sites (N-methyl/N-ethyl adjacent to an activating group) is 1. The van der Waals surface area contributed by atoms with Gasteiger partial charge in [0.05, 0.1) is 6.10 Å². The van der Waals surface area contributed by atoms with Crippen LogP contribution in [0.1, 0.15) is 17.3 Å². The molecule has 0 saturated heterocycles. The molecule has 1 aromatic carbocycles. The molecule has 0 radical (unpaired) electrons. The number of hydrogen-bond acceptors (Lipinski definition) is 3. The predicted molar refractivity (Wildman–Crippen MR) is 59.5 cm³/mol. The Hall–Kier alpha value is -1.55. The van der Waals surface area contributed by atoms with Gasteiger partial charge in [-0.15, -0.1) is 0 Å². The molecule has 1 unspecified atom stereocenters. The first-order valence-corrected chi connectivity index (χ1v) is 4.80. The minimum absolute atomic E-state index is 0.136. The van der Waals surface area contributed by atoms with Gasteiger partial charge < -0.3 is 15.7 Å². The molecule has 0 spiro atoms. The molecule has 4 nitrogen and oxygen atoms in total. The predicted octanol–water partition coefficient (Wildman–Crippen LogP) is 0.722. The summed E-state index contributed by atoms with van der Waals surface area (Å²) in [6.07, 6.45) is -0.528. The summed E-state index contributed by atoms with van der Waals surface area (Å²) < 4.78 is 0. The number of anilines is 1. The molecule has 0 aliphatic rings. The molecule has 82 valence electrons. The normalized spacial score (nSPS) is 12.2. The molecule has 1 amide bonds. The van der Waals surface area contributed by atoms with Gasteiger partial charge in [-0.1, -0.05) is 6.07 Å². The van der Waals surface area contributed by atoms with Crippen LogP contribution in [-0.2, 0) is 0 Å². The lowest BCUT2D eigenvalue weighted by atomic mass is 10.2. The smallest absolute Gasteiger partial charge is 0.253 e. The van der Waals surface area contributed by atoms with Crippen molar-refractivity contribution in [3.05, 3.63) is 29.8 Å². The minimum Gasteiger partial charge on any atom is -0.399 e. The van der Waals surface area contributed by atoms with Crippen molar-refractivity contribution in [3.63, 3.8) is 0 Å². The maximum Gasteiger partial charge on any atom is 0.253 e. The second-order valence-electron chi connectivity index (χ2n) is 3.66. The third-order valence-electron chi connectivity index (χ3n) is 2.02. The third kappa shape index (κ3) is 3.25. The topological polar surface area (TPSA) is 66.6 Å². The number of carbonyl (C=O) groups is 1. The zero-order valence-corrected chi connectivity index (χ0v) is 8.97. The molecule has 3 N–H and O–H groups in total. The van der Waals surface area contributed by atoms with Gasteiger partial charge in [0.15, 0.2) is 0 Å². The summed E-state index contributed by atoms with van der Waals surface area (Å²) in [5.74, 6) is -0.136. The Morgan fingerprint density at radius 1 is 1.60 bits per heavy atom. The summed E-state index contributed by atoms with van der Waals surface area (Å²) in [5.41, 5.74) is 6.68. The lowest BCUT2D eigenvalue weighted by Crippen LogP contribution is -2.33. The first-order chi connectivity index (χ1) is 7.00. The molecule has 1 atom stereocenters. The van der Waals surface area contributed by atoms with E-state index in [1.165, 1.54) is 4.90 Å². The lowest BCUT2D eigenvalue weighted by Gasteiger charge is -2.18. The number of aliphatic hydroxyl groups excluding tert-OH is 1. The van der Waals surface area contributed by atoms with Gasteiger partial charge in [-0.05, 0) is 25.1 Å². The second kappa shape index (κ2) is 4.79. The first-order valence-electron chi connectivity index (χ1n) is 4.80. The molecule has 1 rings (SSSR count). The molecule has 0 heterocycles. The standard InChI is InChI=1S/C11H16N2O2/c1-8(14)7-13(2)11(15)9-4-3-5-10(12)6-9/h3-6,8,14H,7,12H2,1-2H3. The summed E-state index contributed by atoms with van der Waals surface area (Å²) in [4.78, 5) is 13.3. The number of rotatable bonds is 3. The van der Waals surface area contributed by atoms with Gasteiger partial charge >= 0.3 is 0 Å². The van der Waals surface area contributed by atoms with Crippen LogP contribution in [0.5, 0.6) is 0 Å². The van der Waals surface area contributed by atoms with Crippen LogP contribution in [0.4, 0.5) is 5.69 Å². The monoisotopic (exact) mass is 208 g/mol. The fourth-order valence-corrected chi connectivity index (χ4v) is 1.37. The van der Waals surface area contributed by atoms with Crippen LogP contribution in [0.15, 0.2) is 24.3 Å². The van der Waals surface area contributed by atoms with E-state index in [0.29, 0.717) is 17.8 Å². The van der Waals surface area contributed by atoms with Gasteiger partial charge in [0, 0.05) is 24.8 Å². The average Bonchev–Trinajstić information content (AvgIpc) is 2.15. The molecule has 0 fully saturated rings. The highest BCUT2D eigenvalue weighted by atomic mass is 16.3. The van der Waals surface area contributed by atoms with E-state index in [1.54, 1.807) is 38.2 Å². The molecule has 0 bridgehead atoms. The summed E-state index contributed by atoms with van der Waals surface area (Å²) in [6, 6.07) is 6.79. The third-order valence-corrected chi connectivity index (χ3v) is 2.02. The molecular formula is C11H16N2O2. The van der Waals surface area contributed by atoms with E-state index in [-0.39, 0.29) is 5.91 Å². The molecule has 0 aromatic heterocycles. The zero-order chi connectivity index (χ0) is 11.4. The molecule has 0 saturated carbocycles. The summed E-state index contributed by atoms with van der Waals surface area (Å²) >= 11 is 0. The number of amides is 1.